The van der Waals surface area contributed by atoms with Crippen molar-refractivity contribution in [3.8, 4) is 11.1 Å². The third-order valence-corrected chi connectivity index (χ3v) is 6.34. The Kier molecular flexibility index (Phi) is 7.74. The van der Waals surface area contributed by atoms with E-state index in [0.29, 0.717) is 19.3 Å². The molecule has 0 heterocycles. The first-order chi connectivity index (χ1) is 15.7. The van der Waals surface area contributed by atoms with E-state index in [9.17, 15) is 19.5 Å². The zero-order valence-corrected chi connectivity index (χ0v) is 19.4. The predicted molar refractivity (Wildman–Crippen MR) is 126 cm³/mol. The molecule has 0 saturated carbocycles. The van der Waals surface area contributed by atoms with Crippen LogP contribution in [0.2, 0.25) is 0 Å². The first-order valence-corrected chi connectivity index (χ1v) is 11.4. The number of fused-ring (bicyclic) bond motifs is 3. The number of ether oxygens (including phenoxy) is 1. The lowest BCUT2D eigenvalue weighted by Crippen LogP contribution is -2.51. The third-order valence-electron chi connectivity index (χ3n) is 6.34. The number of rotatable bonds is 10. The number of nitrogens with one attached hydrogen (secondary N) is 2. The summed E-state index contributed by atoms with van der Waals surface area (Å²) >= 11 is 0. The van der Waals surface area contributed by atoms with Crippen LogP contribution in [0.1, 0.15) is 63.5 Å². The van der Waals surface area contributed by atoms with Gasteiger partial charge in [-0.2, -0.15) is 0 Å². The molecule has 33 heavy (non-hydrogen) atoms. The Labute approximate surface area is 194 Å². The first-order valence-electron chi connectivity index (χ1n) is 11.4. The van der Waals surface area contributed by atoms with Gasteiger partial charge in [0.2, 0.25) is 5.91 Å². The van der Waals surface area contributed by atoms with Gasteiger partial charge in [0, 0.05) is 18.4 Å². The van der Waals surface area contributed by atoms with Crippen LogP contribution in [0.5, 0.6) is 0 Å². The molecule has 2 atom stereocenters. The molecule has 7 nitrogen and oxygen atoms in total. The second-order valence-corrected chi connectivity index (χ2v) is 8.80. The van der Waals surface area contributed by atoms with E-state index in [0.717, 1.165) is 11.1 Å². The fraction of sp³-hybridized carbons (Fsp3) is 0.423. The molecule has 2 aromatic rings. The van der Waals surface area contributed by atoms with Gasteiger partial charge in [-0.05, 0) is 55.4 Å². The van der Waals surface area contributed by atoms with Gasteiger partial charge in [-0.25, -0.2) is 9.59 Å². The SMILES string of the molecule is CCC(C)(NC(=O)CCCC(C)NC(=O)OCC1c2ccccc2-c2ccccc21)C(=O)O. The summed E-state index contributed by atoms with van der Waals surface area (Å²) in [6, 6.07) is 16.2. The van der Waals surface area contributed by atoms with Crippen LogP contribution in [0.25, 0.3) is 11.1 Å². The molecule has 0 aromatic heterocycles. The summed E-state index contributed by atoms with van der Waals surface area (Å²) in [5.74, 6) is -1.36. The molecule has 0 bridgehead atoms. The molecule has 0 saturated heterocycles. The van der Waals surface area contributed by atoms with Crippen molar-refractivity contribution in [2.45, 2.75) is 64.0 Å². The topological polar surface area (TPSA) is 105 Å². The number of benzene rings is 2. The smallest absolute Gasteiger partial charge is 0.407 e. The van der Waals surface area contributed by atoms with Crippen molar-refractivity contribution in [3.63, 3.8) is 0 Å². The van der Waals surface area contributed by atoms with E-state index < -0.39 is 17.6 Å². The van der Waals surface area contributed by atoms with Crippen LogP contribution >= 0.6 is 0 Å². The van der Waals surface area contributed by atoms with E-state index in [2.05, 4.69) is 34.9 Å². The largest absolute Gasteiger partial charge is 0.480 e. The van der Waals surface area contributed by atoms with Gasteiger partial charge in [-0.15, -0.1) is 0 Å². The minimum atomic E-state index is -1.26. The average Bonchev–Trinajstić information content (AvgIpc) is 3.11. The monoisotopic (exact) mass is 452 g/mol. The Bertz CT molecular complexity index is 976. The summed E-state index contributed by atoms with van der Waals surface area (Å²) in [5, 5.41) is 14.6. The molecule has 2 unspecified atom stereocenters. The Balaban J connectivity index is 1.44. The van der Waals surface area contributed by atoms with E-state index in [-0.39, 0.29) is 30.9 Å². The molecule has 3 rings (SSSR count). The van der Waals surface area contributed by atoms with Crippen LogP contribution in [0.4, 0.5) is 4.79 Å². The molecular weight excluding hydrogens is 420 g/mol. The Morgan fingerprint density at radius 1 is 1.06 bits per heavy atom. The number of hydrogen-bond donors (Lipinski definition) is 3. The van der Waals surface area contributed by atoms with Crippen molar-refractivity contribution in [1.29, 1.82) is 0 Å². The van der Waals surface area contributed by atoms with Crippen LogP contribution in [-0.4, -0.2) is 41.3 Å². The third kappa shape index (κ3) is 5.72. The van der Waals surface area contributed by atoms with Gasteiger partial charge < -0.3 is 20.5 Å². The van der Waals surface area contributed by atoms with Crippen molar-refractivity contribution in [3.05, 3.63) is 59.7 Å². The molecule has 7 heteroatoms. The highest BCUT2D eigenvalue weighted by molar-refractivity contribution is 5.86. The summed E-state index contributed by atoms with van der Waals surface area (Å²) in [4.78, 5) is 35.8. The number of hydrogen-bond acceptors (Lipinski definition) is 4. The van der Waals surface area contributed by atoms with Gasteiger partial charge in [0.1, 0.15) is 12.1 Å². The number of alkyl carbamates (subject to hydrolysis) is 1. The second kappa shape index (κ2) is 10.5. The number of carboxylic acids is 1. The van der Waals surface area contributed by atoms with E-state index in [1.54, 1.807) is 6.92 Å². The lowest BCUT2D eigenvalue weighted by Gasteiger charge is -2.24. The normalized spacial score (nSPS) is 15.0. The van der Waals surface area contributed by atoms with Crippen LogP contribution in [-0.2, 0) is 14.3 Å². The second-order valence-electron chi connectivity index (χ2n) is 8.80. The van der Waals surface area contributed by atoms with Gasteiger partial charge in [0.25, 0.3) is 0 Å². The Morgan fingerprint density at radius 2 is 1.64 bits per heavy atom. The highest BCUT2D eigenvalue weighted by Gasteiger charge is 2.32. The van der Waals surface area contributed by atoms with Crippen molar-refractivity contribution in [1.82, 2.24) is 10.6 Å². The molecule has 0 fully saturated rings. The van der Waals surface area contributed by atoms with Crippen LogP contribution < -0.4 is 10.6 Å². The average molecular weight is 453 g/mol. The Hall–Kier alpha value is -3.35. The molecule has 176 valence electrons. The zero-order valence-electron chi connectivity index (χ0n) is 19.4. The Morgan fingerprint density at radius 3 is 2.18 bits per heavy atom. The summed E-state index contributed by atoms with van der Waals surface area (Å²) < 4.78 is 5.55. The number of amides is 2. The van der Waals surface area contributed by atoms with Crippen LogP contribution in [0.15, 0.2) is 48.5 Å². The summed E-state index contributed by atoms with van der Waals surface area (Å²) in [5.41, 5.74) is 3.41. The number of aliphatic carboxylic acids is 1. The standard InChI is InChI=1S/C26H32N2O5/c1-4-26(3,24(30)31)28-23(29)15-9-10-17(2)27-25(32)33-16-22-20-13-7-5-11-18(20)19-12-6-8-14-21(19)22/h5-8,11-14,17,22H,4,9-10,15-16H2,1-3H3,(H,27,32)(H,28,29)(H,30,31). The van der Waals surface area contributed by atoms with Gasteiger partial charge in [-0.1, -0.05) is 55.5 Å². The molecule has 2 amide bonds. The molecule has 1 aliphatic rings. The molecular formula is C26H32N2O5. The van der Waals surface area contributed by atoms with Crippen LogP contribution in [0, 0.1) is 0 Å². The lowest BCUT2D eigenvalue weighted by atomic mass is 9.98. The number of carbonyl (C=O) groups excluding carboxylic acids is 2. The summed E-state index contributed by atoms with van der Waals surface area (Å²) in [7, 11) is 0. The maximum Gasteiger partial charge on any atom is 0.407 e. The highest BCUT2D eigenvalue weighted by atomic mass is 16.5. The zero-order chi connectivity index (χ0) is 24.0. The molecule has 0 aliphatic heterocycles. The van der Waals surface area contributed by atoms with E-state index in [1.807, 2.05) is 31.2 Å². The highest BCUT2D eigenvalue weighted by Crippen LogP contribution is 2.44. The number of carbonyl (C=O) groups is 3. The maximum absolute atomic E-state index is 12.4. The maximum atomic E-state index is 12.4. The quantitative estimate of drug-likeness (QED) is 0.494. The van der Waals surface area contributed by atoms with E-state index in [1.165, 1.54) is 18.1 Å². The van der Waals surface area contributed by atoms with Gasteiger partial charge in [0.05, 0.1) is 0 Å². The molecule has 1 aliphatic carbocycles. The van der Waals surface area contributed by atoms with Crippen molar-refractivity contribution < 1.29 is 24.2 Å². The minimum Gasteiger partial charge on any atom is -0.480 e. The first kappa shape index (κ1) is 24.3. The fourth-order valence-electron chi connectivity index (χ4n) is 4.15. The van der Waals surface area contributed by atoms with Crippen molar-refractivity contribution >= 4 is 18.0 Å². The molecule has 2 aromatic carbocycles. The van der Waals surface area contributed by atoms with Gasteiger partial charge in [-0.3, -0.25) is 4.79 Å². The fourth-order valence-corrected chi connectivity index (χ4v) is 4.15. The van der Waals surface area contributed by atoms with Crippen molar-refractivity contribution in [2.75, 3.05) is 6.61 Å². The van der Waals surface area contributed by atoms with Crippen LogP contribution in [0.3, 0.4) is 0 Å². The van der Waals surface area contributed by atoms with Crippen molar-refractivity contribution in [2.24, 2.45) is 0 Å². The molecule has 0 spiro atoms. The number of carboxylic acid groups (broad SMARTS) is 1. The predicted octanol–water partition coefficient (Wildman–Crippen LogP) is 4.45. The molecule has 0 radical (unpaired) electrons. The lowest BCUT2D eigenvalue weighted by molar-refractivity contribution is -0.147. The summed E-state index contributed by atoms with van der Waals surface area (Å²) in [6.07, 6.45) is 1.11. The van der Waals surface area contributed by atoms with E-state index >= 15 is 0 Å². The van der Waals surface area contributed by atoms with E-state index in [4.69, 9.17) is 4.74 Å². The summed E-state index contributed by atoms with van der Waals surface area (Å²) in [6.45, 7) is 5.32. The van der Waals surface area contributed by atoms with Gasteiger partial charge in [0.15, 0.2) is 0 Å². The molecule has 3 N–H and O–H groups in total. The minimum absolute atomic E-state index is 0.00395. The van der Waals surface area contributed by atoms with Gasteiger partial charge >= 0.3 is 12.1 Å².